The summed E-state index contributed by atoms with van der Waals surface area (Å²) in [5, 5.41) is 23.7. The third kappa shape index (κ3) is 7.62. The van der Waals surface area contributed by atoms with Crippen LogP contribution in [0.25, 0.3) is 11.1 Å². The molecule has 2 aromatic carbocycles. The summed E-state index contributed by atoms with van der Waals surface area (Å²) in [5.41, 5.74) is 2.77. The first-order chi connectivity index (χ1) is 15.6. The van der Waals surface area contributed by atoms with E-state index in [1.165, 1.54) is 0 Å². The fraction of sp³-hybridized carbons (Fsp3) is 0.500. The molecule has 0 aromatic heterocycles. The van der Waals surface area contributed by atoms with E-state index in [1.807, 2.05) is 66.4 Å². The lowest BCUT2D eigenvalue weighted by Gasteiger charge is -2.35. The summed E-state index contributed by atoms with van der Waals surface area (Å²) in [6.07, 6.45) is 1.89. The summed E-state index contributed by atoms with van der Waals surface area (Å²) >= 11 is 1.91. The molecule has 3 rings (SSSR count). The number of hydrogen-bond donors (Lipinski definition) is 3. The van der Waals surface area contributed by atoms with Crippen LogP contribution >= 0.6 is 11.8 Å². The smallest absolute Gasteiger partial charge is 0.251 e. The second kappa shape index (κ2) is 13.0. The topological polar surface area (TPSA) is 78.8 Å². The van der Waals surface area contributed by atoms with Crippen LogP contribution < -0.4 is 5.32 Å². The predicted octanol–water partition coefficient (Wildman–Crippen LogP) is 4.28. The van der Waals surface area contributed by atoms with Gasteiger partial charge in [-0.1, -0.05) is 49.4 Å². The lowest BCUT2D eigenvalue weighted by molar-refractivity contribution is -0.140. The summed E-state index contributed by atoms with van der Waals surface area (Å²) < 4.78 is 6.06. The predicted molar refractivity (Wildman–Crippen MR) is 131 cm³/mol. The molecule has 2 aromatic rings. The molecule has 6 heteroatoms. The molecule has 174 valence electrons. The van der Waals surface area contributed by atoms with E-state index < -0.39 is 12.2 Å². The van der Waals surface area contributed by atoms with Crippen LogP contribution in [0.5, 0.6) is 0 Å². The second-order valence-corrected chi connectivity index (χ2v) is 9.71. The van der Waals surface area contributed by atoms with E-state index in [1.54, 1.807) is 0 Å². The Morgan fingerprint density at radius 1 is 1.12 bits per heavy atom. The second-order valence-electron chi connectivity index (χ2n) is 8.32. The minimum atomic E-state index is -0.710. The Morgan fingerprint density at radius 3 is 2.56 bits per heavy atom. The minimum absolute atomic E-state index is 0.00595. The fourth-order valence-electron chi connectivity index (χ4n) is 4.08. The van der Waals surface area contributed by atoms with E-state index in [0.29, 0.717) is 31.4 Å². The van der Waals surface area contributed by atoms with Crippen molar-refractivity contribution in [2.45, 2.75) is 63.4 Å². The van der Waals surface area contributed by atoms with Gasteiger partial charge >= 0.3 is 0 Å². The van der Waals surface area contributed by atoms with E-state index >= 15 is 0 Å². The van der Waals surface area contributed by atoms with Crippen molar-refractivity contribution in [3.05, 3.63) is 60.2 Å². The molecule has 1 saturated heterocycles. The van der Waals surface area contributed by atoms with Gasteiger partial charge in [0, 0.05) is 18.5 Å². The number of ether oxygens (including phenoxy) is 1. The molecule has 1 aliphatic heterocycles. The van der Waals surface area contributed by atoms with Crippen molar-refractivity contribution >= 4 is 17.7 Å². The number of rotatable bonds is 11. The van der Waals surface area contributed by atoms with E-state index in [-0.39, 0.29) is 18.1 Å². The molecule has 1 fully saturated rings. The van der Waals surface area contributed by atoms with Gasteiger partial charge in [-0.3, -0.25) is 4.79 Å². The lowest BCUT2D eigenvalue weighted by atomic mass is 9.94. The Hall–Kier alpha value is -1.86. The number of carbonyl (C=O) groups is 1. The van der Waals surface area contributed by atoms with Gasteiger partial charge in [-0.15, -0.1) is 0 Å². The van der Waals surface area contributed by atoms with Crippen LogP contribution in [0.1, 0.15) is 49.4 Å². The van der Waals surface area contributed by atoms with Crippen LogP contribution in [0, 0.1) is 0 Å². The fourth-order valence-corrected chi connectivity index (χ4v) is 4.74. The first-order valence-corrected chi connectivity index (χ1v) is 12.7. The molecule has 0 saturated carbocycles. The Bertz CT molecular complexity index is 814. The number of nitrogens with one attached hydrogen (secondary N) is 1. The van der Waals surface area contributed by atoms with Crippen LogP contribution in [0.2, 0.25) is 0 Å². The maximum atomic E-state index is 12.5. The SMILES string of the molecule is CCSCCCC1CC(O)CC(C(O)CCNC(=O)c2ccc(-c3ccccc3)cc2)O1. The number of aliphatic hydroxyl groups excluding tert-OH is 2. The number of hydrogen-bond acceptors (Lipinski definition) is 5. The molecule has 3 N–H and O–H groups in total. The van der Waals surface area contributed by atoms with Crippen LogP contribution in [0.4, 0.5) is 0 Å². The molecular weight excluding hydrogens is 422 g/mol. The lowest BCUT2D eigenvalue weighted by Crippen LogP contribution is -2.43. The number of thioether (sulfide) groups is 1. The van der Waals surface area contributed by atoms with E-state index in [0.717, 1.165) is 35.5 Å². The van der Waals surface area contributed by atoms with Crippen molar-refractivity contribution in [2.24, 2.45) is 0 Å². The van der Waals surface area contributed by atoms with Gasteiger partial charge in [0.2, 0.25) is 0 Å². The highest BCUT2D eigenvalue weighted by Gasteiger charge is 2.32. The molecule has 5 nitrogen and oxygen atoms in total. The van der Waals surface area contributed by atoms with E-state index in [4.69, 9.17) is 4.74 Å². The molecule has 0 bridgehead atoms. The Balaban J connectivity index is 1.42. The molecule has 4 atom stereocenters. The van der Waals surface area contributed by atoms with Gasteiger partial charge in [-0.05, 0) is 60.4 Å². The summed E-state index contributed by atoms with van der Waals surface area (Å²) in [4.78, 5) is 12.5. The first kappa shape index (κ1) is 24.8. The first-order valence-electron chi connectivity index (χ1n) is 11.6. The summed E-state index contributed by atoms with van der Waals surface area (Å²) in [6, 6.07) is 17.5. The van der Waals surface area contributed by atoms with Crippen molar-refractivity contribution in [1.82, 2.24) is 5.32 Å². The van der Waals surface area contributed by atoms with Gasteiger partial charge in [0.1, 0.15) is 0 Å². The van der Waals surface area contributed by atoms with Crippen LogP contribution in [-0.4, -0.2) is 58.6 Å². The molecule has 32 heavy (non-hydrogen) atoms. The van der Waals surface area contributed by atoms with Crippen molar-refractivity contribution in [2.75, 3.05) is 18.1 Å². The zero-order chi connectivity index (χ0) is 22.8. The van der Waals surface area contributed by atoms with Crippen LogP contribution in [0.3, 0.4) is 0 Å². The highest BCUT2D eigenvalue weighted by Crippen LogP contribution is 2.26. The minimum Gasteiger partial charge on any atom is -0.393 e. The van der Waals surface area contributed by atoms with Crippen molar-refractivity contribution < 1.29 is 19.7 Å². The summed E-state index contributed by atoms with van der Waals surface area (Å²) in [5.74, 6) is 2.05. The van der Waals surface area contributed by atoms with Gasteiger partial charge in [0.05, 0.1) is 24.4 Å². The molecule has 0 radical (unpaired) electrons. The average molecular weight is 458 g/mol. The van der Waals surface area contributed by atoms with E-state index in [2.05, 4.69) is 12.2 Å². The number of carbonyl (C=O) groups excluding carboxylic acids is 1. The van der Waals surface area contributed by atoms with Gasteiger partial charge in [0.15, 0.2) is 0 Å². The maximum absolute atomic E-state index is 12.5. The standard InChI is InChI=1S/C26H35NO4S/c1-2-32-16-6-9-23-17-22(28)18-25(31-23)24(29)14-15-27-26(30)21-12-10-20(11-13-21)19-7-4-3-5-8-19/h3-5,7-8,10-13,22-25,28-29H,2,6,9,14-18H2,1H3,(H,27,30). The largest absolute Gasteiger partial charge is 0.393 e. The quantitative estimate of drug-likeness (QED) is 0.439. The molecule has 0 aliphatic carbocycles. The highest BCUT2D eigenvalue weighted by molar-refractivity contribution is 7.99. The van der Waals surface area contributed by atoms with Crippen molar-refractivity contribution in [3.63, 3.8) is 0 Å². The monoisotopic (exact) mass is 457 g/mol. The third-order valence-corrected chi connectivity index (χ3v) is 6.82. The van der Waals surface area contributed by atoms with Gasteiger partial charge in [-0.2, -0.15) is 11.8 Å². The van der Waals surface area contributed by atoms with Crippen LogP contribution in [0.15, 0.2) is 54.6 Å². The molecule has 1 amide bonds. The maximum Gasteiger partial charge on any atom is 0.251 e. The van der Waals surface area contributed by atoms with Crippen molar-refractivity contribution in [3.8, 4) is 11.1 Å². The van der Waals surface area contributed by atoms with Gasteiger partial charge in [-0.25, -0.2) is 0 Å². The molecule has 0 spiro atoms. The summed E-state index contributed by atoms with van der Waals surface area (Å²) in [7, 11) is 0. The zero-order valence-corrected chi connectivity index (χ0v) is 19.6. The Labute approximate surface area is 195 Å². The van der Waals surface area contributed by atoms with Crippen LogP contribution in [-0.2, 0) is 4.74 Å². The number of amides is 1. The molecule has 4 unspecified atom stereocenters. The highest BCUT2D eigenvalue weighted by atomic mass is 32.2. The molecule has 1 aliphatic rings. The third-order valence-electron chi connectivity index (χ3n) is 5.83. The average Bonchev–Trinajstić information content (AvgIpc) is 2.82. The van der Waals surface area contributed by atoms with Crippen molar-refractivity contribution in [1.29, 1.82) is 0 Å². The molecular formula is C26H35NO4S. The van der Waals surface area contributed by atoms with E-state index in [9.17, 15) is 15.0 Å². The Kier molecular flexibility index (Phi) is 10.1. The van der Waals surface area contributed by atoms with Gasteiger partial charge < -0.3 is 20.3 Å². The summed E-state index contributed by atoms with van der Waals surface area (Å²) in [6.45, 7) is 2.50. The number of aliphatic hydroxyl groups is 2. The van der Waals surface area contributed by atoms with Gasteiger partial charge in [0.25, 0.3) is 5.91 Å². The molecule has 1 heterocycles. The Morgan fingerprint density at radius 2 is 1.84 bits per heavy atom. The normalized spacial score (nSPS) is 21.8. The number of benzene rings is 2. The zero-order valence-electron chi connectivity index (χ0n) is 18.8.